The van der Waals surface area contributed by atoms with Crippen LogP contribution < -0.4 is 14.8 Å². The van der Waals surface area contributed by atoms with E-state index < -0.39 is 0 Å². The first-order valence-corrected chi connectivity index (χ1v) is 8.45. The van der Waals surface area contributed by atoms with Crippen molar-refractivity contribution in [1.29, 1.82) is 5.26 Å². The standard InChI is InChI=1S/C19H15Cl2N3O2/c1-25-17-6-14-16(7-18(17)26-2)23-10-12(8-22)19(14)24-9-11-5-13(20)3-4-15(11)21/h3-7,10H,9H2,1-2H3,(H,23,24). The topological polar surface area (TPSA) is 67.2 Å². The van der Waals surface area contributed by atoms with Crippen LogP contribution >= 0.6 is 23.2 Å². The average molecular weight is 388 g/mol. The number of fused-ring (bicyclic) bond motifs is 1. The lowest BCUT2D eigenvalue weighted by Gasteiger charge is -2.15. The molecule has 0 unspecified atom stereocenters. The van der Waals surface area contributed by atoms with E-state index >= 15 is 0 Å². The van der Waals surface area contributed by atoms with Gasteiger partial charge >= 0.3 is 0 Å². The third-order valence-electron chi connectivity index (χ3n) is 3.96. The summed E-state index contributed by atoms with van der Waals surface area (Å²) in [6.07, 6.45) is 1.52. The molecule has 5 nitrogen and oxygen atoms in total. The Balaban J connectivity index is 2.08. The predicted molar refractivity (Wildman–Crippen MR) is 103 cm³/mol. The van der Waals surface area contributed by atoms with Gasteiger partial charge in [-0.1, -0.05) is 23.2 Å². The minimum Gasteiger partial charge on any atom is -0.493 e. The lowest BCUT2D eigenvalue weighted by molar-refractivity contribution is 0.356. The minimum atomic E-state index is 0.404. The van der Waals surface area contributed by atoms with Gasteiger partial charge in [-0.2, -0.15) is 5.26 Å². The molecule has 0 saturated carbocycles. The van der Waals surface area contributed by atoms with Crippen LogP contribution in [0.2, 0.25) is 10.0 Å². The van der Waals surface area contributed by atoms with E-state index in [-0.39, 0.29) is 0 Å². The molecule has 7 heteroatoms. The number of rotatable bonds is 5. The molecular formula is C19H15Cl2N3O2. The van der Waals surface area contributed by atoms with E-state index in [0.717, 1.165) is 10.9 Å². The molecule has 3 rings (SSSR count). The Morgan fingerprint density at radius 3 is 2.54 bits per heavy atom. The SMILES string of the molecule is COc1cc2ncc(C#N)c(NCc3cc(Cl)ccc3Cl)c2cc1OC. The molecule has 1 aromatic heterocycles. The Morgan fingerprint density at radius 2 is 1.85 bits per heavy atom. The zero-order valence-electron chi connectivity index (χ0n) is 14.1. The third-order valence-corrected chi connectivity index (χ3v) is 4.56. The van der Waals surface area contributed by atoms with E-state index in [2.05, 4.69) is 16.4 Å². The van der Waals surface area contributed by atoms with Crippen LogP contribution in [0.3, 0.4) is 0 Å². The van der Waals surface area contributed by atoms with Crippen LogP contribution in [0.1, 0.15) is 11.1 Å². The summed E-state index contributed by atoms with van der Waals surface area (Å²) in [5.74, 6) is 1.13. The molecule has 3 aromatic rings. The van der Waals surface area contributed by atoms with E-state index in [9.17, 15) is 5.26 Å². The Kier molecular flexibility index (Phi) is 5.36. The molecule has 0 spiro atoms. The number of pyridine rings is 1. The summed E-state index contributed by atoms with van der Waals surface area (Å²) in [7, 11) is 3.12. The van der Waals surface area contributed by atoms with E-state index in [1.54, 1.807) is 44.6 Å². The summed E-state index contributed by atoms with van der Waals surface area (Å²) < 4.78 is 10.7. The fraction of sp³-hybridized carbons (Fsp3) is 0.158. The summed E-state index contributed by atoms with van der Waals surface area (Å²) >= 11 is 12.3. The molecule has 26 heavy (non-hydrogen) atoms. The van der Waals surface area contributed by atoms with Crippen molar-refractivity contribution < 1.29 is 9.47 Å². The number of halogens is 2. The smallest absolute Gasteiger partial charge is 0.162 e. The van der Waals surface area contributed by atoms with E-state index in [4.69, 9.17) is 32.7 Å². The fourth-order valence-corrected chi connectivity index (χ4v) is 3.04. The van der Waals surface area contributed by atoms with Gasteiger partial charge in [0.1, 0.15) is 6.07 Å². The number of benzene rings is 2. The van der Waals surface area contributed by atoms with Crippen molar-refractivity contribution in [3.63, 3.8) is 0 Å². The second-order valence-electron chi connectivity index (χ2n) is 5.47. The summed E-state index contributed by atoms with van der Waals surface area (Å²) in [5.41, 5.74) is 2.58. The highest BCUT2D eigenvalue weighted by molar-refractivity contribution is 6.33. The minimum absolute atomic E-state index is 0.404. The monoisotopic (exact) mass is 387 g/mol. The van der Waals surface area contributed by atoms with Gasteiger partial charge in [-0.15, -0.1) is 0 Å². The second kappa shape index (κ2) is 7.69. The number of anilines is 1. The largest absolute Gasteiger partial charge is 0.493 e. The number of nitrogens with one attached hydrogen (secondary N) is 1. The van der Waals surface area contributed by atoms with Crippen molar-refractivity contribution in [3.05, 3.63) is 57.7 Å². The lowest BCUT2D eigenvalue weighted by Crippen LogP contribution is -2.04. The first kappa shape index (κ1) is 18.1. The zero-order chi connectivity index (χ0) is 18.7. The zero-order valence-corrected chi connectivity index (χ0v) is 15.6. The maximum Gasteiger partial charge on any atom is 0.162 e. The molecule has 1 N–H and O–H groups in total. The van der Waals surface area contributed by atoms with Crippen molar-refractivity contribution in [3.8, 4) is 17.6 Å². The Morgan fingerprint density at radius 1 is 1.12 bits per heavy atom. The Hall–Kier alpha value is -2.68. The summed E-state index contributed by atoms with van der Waals surface area (Å²) in [4.78, 5) is 4.34. The molecule has 132 valence electrons. The van der Waals surface area contributed by atoms with Gasteiger partial charge in [-0.25, -0.2) is 0 Å². The van der Waals surface area contributed by atoms with Gasteiger partial charge in [0, 0.05) is 34.2 Å². The number of hydrogen-bond acceptors (Lipinski definition) is 5. The average Bonchev–Trinajstić information content (AvgIpc) is 2.67. The van der Waals surface area contributed by atoms with E-state index in [1.165, 1.54) is 6.20 Å². The van der Waals surface area contributed by atoms with Crippen LogP contribution in [-0.2, 0) is 6.54 Å². The van der Waals surface area contributed by atoms with Gasteiger partial charge in [0.05, 0.1) is 31.0 Å². The van der Waals surface area contributed by atoms with Gasteiger partial charge in [-0.3, -0.25) is 4.98 Å². The van der Waals surface area contributed by atoms with Crippen LogP contribution in [0.5, 0.6) is 11.5 Å². The van der Waals surface area contributed by atoms with E-state index in [1.807, 2.05) is 0 Å². The molecule has 0 aliphatic heterocycles. The number of nitrogens with zero attached hydrogens (tertiary/aromatic N) is 2. The van der Waals surface area contributed by atoms with Gasteiger partial charge in [0.25, 0.3) is 0 Å². The molecule has 0 bridgehead atoms. The van der Waals surface area contributed by atoms with E-state index in [0.29, 0.717) is 44.9 Å². The van der Waals surface area contributed by atoms with Crippen LogP contribution in [0, 0.1) is 11.3 Å². The highest BCUT2D eigenvalue weighted by atomic mass is 35.5. The maximum atomic E-state index is 9.47. The van der Waals surface area contributed by atoms with Crippen LogP contribution in [-0.4, -0.2) is 19.2 Å². The molecule has 0 saturated heterocycles. The van der Waals surface area contributed by atoms with Crippen LogP contribution in [0.4, 0.5) is 5.69 Å². The molecule has 0 atom stereocenters. The normalized spacial score (nSPS) is 10.4. The molecule has 0 aliphatic carbocycles. The van der Waals surface area contributed by atoms with Gasteiger partial charge < -0.3 is 14.8 Å². The quantitative estimate of drug-likeness (QED) is 0.663. The first-order valence-electron chi connectivity index (χ1n) is 7.70. The predicted octanol–water partition coefficient (Wildman–Crippen LogP) is 5.04. The third kappa shape index (κ3) is 3.48. The van der Waals surface area contributed by atoms with Crippen LogP contribution in [0.25, 0.3) is 10.9 Å². The highest BCUT2D eigenvalue weighted by Crippen LogP contribution is 2.36. The van der Waals surface area contributed by atoms with Crippen LogP contribution in [0.15, 0.2) is 36.5 Å². The number of aromatic nitrogens is 1. The molecule has 2 aromatic carbocycles. The van der Waals surface area contributed by atoms with Crippen molar-refractivity contribution >= 4 is 39.8 Å². The number of nitriles is 1. The van der Waals surface area contributed by atoms with Crippen molar-refractivity contribution in [1.82, 2.24) is 4.98 Å². The summed E-state index contributed by atoms with van der Waals surface area (Å²) in [6.45, 7) is 0.404. The van der Waals surface area contributed by atoms with Gasteiger partial charge in [0.2, 0.25) is 0 Å². The first-order chi connectivity index (χ1) is 12.6. The summed E-state index contributed by atoms with van der Waals surface area (Å²) in [6, 6.07) is 11.0. The molecule has 0 radical (unpaired) electrons. The van der Waals surface area contributed by atoms with Gasteiger partial charge in [0.15, 0.2) is 11.5 Å². The molecule has 0 fully saturated rings. The molecule has 0 aliphatic rings. The summed E-state index contributed by atoms with van der Waals surface area (Å²) in [5, 5.41) is 14.7. The molecular weight excluding hydrogens is 373 g/mol. The van der Waals surface area contributed by atoms with Crippen molar-refractivity contribution in [2.75, 3.05) is 19.5 Å². The lowest BCUT2D eigenvalue weighted by atomic mass is 10.1. The number of ether oxygens (including phenoxy) is 2. The molecule has 0 amide bonds. The highest BCUT2D eigenvalue weighted by Gasteiger charge is 2.14. The molecule has 1 heterocycles. The number of hydrogen-bond donors (Lipinski definition) is 1. The Bertz CT molecular complexity index is 1020. The van der Waals surface area contributed by atoms with Gasteiger partial charge in [-0.05, 0) is 29.8 Å². The second-order valence-corrected chi connectivity index (χ2v) is 6.32. The maximum absolute atomic E-state index is 9.47. The van der Waals surface area contributed by atoms with Crippen molar-refractivity contribution in [2.45, 2.75) is 6.54 Å². The number of methoxy groups -OCH3 is 2. The van der Waals surface area contributed by atoms with Crippen molar-refractivity contribution in [2.24, 2.45) is 0 Å². The fourth-order valence-electron chi connectivity index (χ4n) is 2.66. The Labute approximate surface area is 161 Å².